The number of hydrogen-bond acceptors (Lipinski definition) is 6. The van der Waals surface area contributed by atoms with Crippen LogP contribution in [0, 0.1) is 0 Å². The molecule has 154 valence electrons. The van der Waals surface area contributed by atoms with Crippen LogP contribution in [0.25, 0.3) is 22.6 Å². The van der Waals surface area contributed by atoms with Crippen LogP contribution < -0.4 is 9.47 Å². The largest absolute Gasteiger partial charge is 0.486 e. The second kappa shape index (κ2) is 8.70. The summed E-state index contributed by atoms with van der Waals surface area (Å²) in [7, 11) is 0. The van der Waals surface area contributed by atoms with Gasteiger partial charge >= 0.3 is 0 Å². The van der Waals surface area contributed by atoms with Crippen molar-refractivity contribution in [3.8, 4) is 34.1 Å². The molecule has 5 nitrogen and oxygen atoms in total. The Bertz CT molecular complexity index is 1150. The van der Waals surface area contributed by atoms with E-state index in [1.54, 1.807) is 18.2 Å². The van der Waals surface area contributed by atoms with Crippen LogP contribution in [0.2, 0.25) is 0 Å². The van der Waals surface area contributed by atoms with Crippen molar-refractivity contribution < 1.29 is 18.7 Å². The van der Waals surface area contributed by atoms with Crippen LogP contribution in [0.15, 0.2) is 88.5 Å². The predicted octanol–water partition coefficient (Wildman–Crippen LogP) is 5.75. The number of carbonyl (C=O) groups excluding carboxylic acids is 1. The zero-order valence-electron chi connectivity index (χ0n) is 16.6. The average Bonchev–Trinajstić information content (AvgIpc) is 3.28. The Morgan fingerprint density at radius 3 is 2.26 bits per heavy atom. The monoisotopic (exact) mass is 429 g/mol. The third kappa shape index (κ3) is 4.20. The lowest BCUT2D eigenvalue weighted by Crippen LogP contribution is -2.16. The summed E-state index contributed by atoms with van der Waals surface area (Å²) < 4.78 is 17.2. The standard InChI is InChI=1S/C25H19NO4S/c27-20(19-11-12-21-22(15-19)29-14-13-28-21)16-31-25-26-23(17-7-3-1-4-8-17)24(30-25)18-9-5-2-6-10-18/h1-12,15H,13-14,16H2. The van der Waals surface area contributed by atoms with Crippen LogP contribution in [0.1, 0.15) is 10.4 Å². The van der Waals surface area contributed by atoms with E-state index >= 15 is 0 Å². The van der Waals surface area contributed by atoms with Crippen molar-refractivity contribution in [2.75, 3.05) is 19.0 Å². The maximum Gasteiger partial charge on any atom is 0.257 e. The Morgan fingerprint density at radius 2 is 1.52 bits per heavy atom. The van der Waals surface area contributed by atoms with Crippen molar-refractivity contribution in [2.24, 2.45) is 0 Å². The minimum absolute atomic E-state index is 0.0253. The van der Waals surface area contributed by atoms with Crippen molar-refractivity contribution in [1.29, 1.82) is 0 Å². The van der Waals surface area contributed by atoms with Crippen LogP contribution in [0.3, 0.4) is 0 Å². The highest BCUT2D eigenvalue weighted by Gasteiger charge is 2.19. The highest BCUT2D eigenvalue weighted by molar-refractivity contribution is 7.99. The molecule has 1 aromatic heterocycles. The quantitative estimate of drug-likeness (QED) is 0.287. The molecule has 5 rings (SSSR count). The van der Waals surface area contributed by atoms with Crippen LogP contribution in [-0.4, -0.2) is 29.7 Å². The number of benzene rings is 3. The molecule has 0 saturated heterocycles. The van der Waals surface area contributed by atoms with E-state index in [2.05, 4.69) is 0 Å². The summed E-state index contributed by atoms with van der Waals surface area (Å²) in [6, 6.07) is 25.0. The molecule has 0 atom stereocenters. The first-order chi connectivity index (χ1) is 15.3. The van der Waals surface area contributed by atoms with Crippen molar-refractivity contribution >= 4 is 17.5 Å². The maximum absolute atomic E-state index is 12.7. The zero-order valence-corrected chi connectivity index (χ0v) is 17.4. The van der Waals surface area contributed by atoms with E-state index < -0.39 is 0 Å². The molecule has 1 aliphatic heterocycles. The molecule has 0 aliphatic carbocycles. The summed E-state index contributed by atoms with van der Waals surface area (Å²) in [6.07, 6.45) is 0. The highest BCUT2D eigenvalue weighted by atomic mass is 32.2. The molecule has 2 heterocycles. The molecule has 31 heavy (non-hydrogen) atoms. The molecule has 0 saturated carbocycles. The molecule has 1 aliphatic rings. The molecule has 0 radical (unpaired) electrons. The summed E-state index contributed by atoms with van der Waals surface area (Å²) in [5.41, 5.74) is 3.25. The molecule has 4 aromatic rings. The number of rotatable bonds is 6. The molecule has 3 aromatic carbocycles. The minimum Gasteiger partial charge on any atom is -0.486 e. The van der Waals surface area contributed by atoms with Gasteiger partial charge in [-0.2, -0.15) is 0 Å². The smallest absolute Gasteiger partial charge is 0.257 e. The Morgan fingerprint density at radius 1 is 0.839 bits per heavy atom. The van der Waals surface area contributed by atoms with Crippen LogP contribution in [-0.2, 0) is 0 Å². The molecule has 0 bridgehead atoms. The summed E-state index contributed by atoms with van der Waals surface area (Å²) in [4.78, 5) is 17.4. The fourth-order valence-electron chi connectivity index (χ4n) is 3.37. The number of aromatic nitrogens is 1. The van der Waals surface area contributed by atoms with Gasteiger partial charge in [0.1, 0.15) is 18.9 Å². The van der Waals surface area contributed by atoms with E-state index in [-0.39, 0.29) is 11.5 Å². The van der Waals surface area contributed by atoms with Crippen molar-refractivity contribution in [3.05, 3.63) is 84.4 Å². The fraction of sp³-hybridized carbons (Fsp3) is 0.120. The summed E-state index contributed by atoms with van der Waals surface area (Å²) in [5.74, 6) is 2.16. The normalized spacial score (nSPS) is 12.5. The Kier molecular flexibility index (Phi) is 5.46. The van der Waals surface area contributed by atoms with Gasteiger partial charge in [-0.05, 0) is 18.2 Å². The first-order valence-corrected chi connectivity index (χ1v) is 10.9. The van der Waals surface area contributed by atoms with Gasteiger partial charge < -0.3 is 13.9 Å². The predicted molar refractivity (Wildman–Crippen MR) is 120 cm³/mol. The number of nitrogens with zero attached hydrogens (tertiary/aromatic N) is 1. The Balaban J connectivity index is 1.38. The van der Waals surface area contributed by atoms with Gasteiger partial charge in [0.25, 0.3) is 5.22 Å². The van der Waals surface area contributed by atoms with E-state index in [1.165, 1.54) is 11.8 Å². The molecular formula is C25H19NO4S. The van der Waals surface area contributed by atoms with Crippen LogP contribution >= 0.6 is 11.8 Å². The second-order valence-corrected chi connectivity index (χ2v) is 7.89. The van der Waals surface area contributed by atoms with Gasteiger partial charge in [-0.15, -0.1) is 0 Å². The Hall–Kier alpha value is -3.51. The lowest BCUT2D eigenvalue weighted by Gasteiger charge is -2.18. The third-order valence-corrected chi connectivity index (χ3v) is 5.71. The topological polar surface area (TPSA) is 61.6 Å². The van der Waals surface area contributed by atoms with Gasteiger partial charge in [-0.25, -0.2) is 4.98 Å². The second-order valence-electron chi connectivity index (χ2n) is 6.96. The van der Waals surface area contributed by atoms with E-state index in [0.29, 0.717) is 41.3 Å². The maximum atomic E-state index is 12.7. The molecule has 6 heteroatoms. The number of oxazole rings is 1. The molecule has 0 fully saturated rings. The fourth-order valence-corrected chi connectivity index (χ4v) is 4.09. The number of Topliss-reactive ketones (excluding diaryl/α,β-unsaturated/α-hetero) is 1. The van der Waals surface area contributed by atoms with Crippen LogP contribution in [0.5, 0.6) is 11.5 Å². The molecular weight excluding hydrogens is 410 g/mol. The lowest BCUT2D eigenvalue weighted by atomic mass is 10.1. The van der Waals surface area contributed by atoms with Gasteiger partial charge in [0.2, 0.25) is 0 Å². The summed E-state index contributed by atoms with van der Waals surface area (Å²) >= 11 is 1.29. The lowest BCUT2D eigenvalue weighted by molar-refractivity contribution is 0.102. The number of thioether (sulfide) groups is 1. The molecule has 0 spiro atoms. The summed E-state index contributed by atoms with van der Waals surface area (Å²) in [6.45, 7) is 1.01. The Labute approximate surface area is 184 Å². The van der Waals surface area contributed by atoms with E-state index in [4.69, 9.17) is 18.9 Å². The number of hydrogen-bond donors (Lipinski definition) is 0. The number of ketones is 1. The SMILES string of the molecule is O=C(CSc1nc(-c2ccccc2)c(-c2ccccc2)o1)c1ccc2c(c1)OCCO2. The first kappa shape index (κ1) is 19.5. The highest BCUT2D eigenvalue weighted by Crippen LogP contribution is 2.36. The number of fused-ring (bicyclic) bond motifs is 1. The summed E-state index contributed by atoms with van der Waals surface area (Å²) in [5, 5.41) is 0.462. The average molecular weight is 429 g/mol. The van der Waals surface area contributed by atoms with E-state index in [9.17, 15) is 4.79 Å². The van der Waals surface area contributed by atoms with Crippen LogP contribution in [0.4, 0.5) is 0 Å². The van der Waals surface area contributed by atoms with Gasteiger partial charge in [0, 0.05) is 16.7 Å². The molecule has 0 amide bonds. The van der Waals surface area contributed by atoms with Gasteiger partial charge in [0.15, 0.2) is 23.0 Å². The van der Waals surface area contributed by atoms with Crippen molar-refractivity contribution in [1.82, 2.24) is 4.98 Å². The molecule has 0 N–H and O–H groups in total. The first-order valence-electron chi connectivity index (χ1n) is 9.95. The van der Waals surface area contributed by atoms with Gasteiger partial charge in [-0.3, -0.25) is 4.79 Å². The third-order valence-electron chi connectivity index (χ3n) is 4.88. The molecule has 0 unspecified atom stereocenters. The number of ether oxygens (including phenoxy) is 2. The van der Waals surface area contributed by atoms with Gasteiger partial charge in [-0.1, -0.05) is 72.4 Å². The number of carbonyl (C=O) groups is 1. The minimum atomic E-state index is -0.0253. The van der Waals surface area contributed by atoms with Crippen molar-refractivity contribution in [3.63, 3.8) is 0 Å². The van der Waals surface area contributed by atoms with Gasteiger partial charge in [0.05, 0.1) is 5.75 Å². The van der Waals surface area contributed by atoms with E-state index in [1.807, 2.05) is 60.7 Å². The zero-order chi connectivity index (χ0) is 21.0. The van der Waals surface area contributed by atoms with E-state index in [0.717, 1.165) is 16.8 Å². The van der Waals surface area contributed by atoms with Crippen molar-refractivity contribution in [2.45, 2.75) is 5.22 Å².